The number of rotatable bonds is 6. The van der Waals surface area contributed by atoms with E-state index >= 15 is 0 Å². The van der Waals surface area contributed by atoms with Crippen LogP contribution in [-0.4, -0.2) is 17.8 Å². The topological polar surface area (TPSA) is 32.3 Å². The van der Waals surface area contributed by atoms with Gasteiger partial charge >= 0.3 is 0 Å². The summed E-state index contributed by atoms with van der Waals surface area (Å²) in [4.78, 5) is 1.34. The first-order chi connectivity index (χ1) is 6.68. The lowest BCUT2D eigenvalue weighted by Gasteiger charge is -2.04. The summed E-state index contributed by atoms with van der Waals surface area (Å²) < 4.78 is 1.18. The maximum Gasteiger partial charge on any atom is 0.0701 e. The number of hydrogen-bond acceptors (Lipinski definition) is 3. The third kappa shape index (κ3) is 5.10. The SMILES string of the molecule is CC(O)CCCNCc1ccc(Br)s1. The zero-order valence-electron chi connectivity index (χ0n) is 8.29. The van der Waals surface area contributed by atoms with Crippen molar-refractivity contribution in [1.82, 2.24) is 5.32 Å². The van der Waals surface area contributed by atoms with Crippen LogP contribution in [0.1, 0.15) is 24.6 Å². The summed E-state index contributed by atoms with van der Waals surface area (Å²) >= 11 is 5.19. The van der Waals surface area contributed by atoms with Gasteiger partial charge in [0.1, 0.15) is 0 Å². The normalized spacial score (nSPS) is 13.1. The molecule has 0 amide bonds. The Hall–Kier alpha value is 0.1000. The molecule has 0 aliphatic rings. The highest BCUT2D eigenvalue weighted by atomic mass is 79.9. The molecular formula is C10H16BrNOS. The summed E-state index contributed by atoms with van der Waals surface area (Å²) in [7, 11) is 0. The lowest BCUT2D eigenvalue weighted by molar-refractivity contribution is 0.181. The van der Waals surface area contributed by atoms with Crippen LogP contribution < -0.4 is 5.32 Å². The number of nitrogens with one attached hydrogen (secondary N) is 1. The summed E-state index contributed by atoms with van der Waals surface area (Å²) in [6, 6.07) is 4.19. The van der Waals surface area contributed by atoms with E-state index in [2.05, 4.69) is 33.4 Å². The van der Waals surface area contributed by atoms with Crippen LogP contribution in [0, 0.1) is 0 Å². The second kappa shape index (κ2) is 6.56. The first-order valence-corrected chi connectivity index (χ1v) is 6.42. The van der Waals surface area contributed by atoms with Gasteiger partial charge in [-0.05, 0) is 54.4 Å². The van der Waals surface area contributed by atoms with Gasteiger partial charge in [0.15, 0.2) is 0 Å². The third-order valence-electron chi connectivity index (χ3n) is 1.90. The molecule has 1 heterocycles. The maximum absolute atomic E-state index is 9.04. The molecular weight excluding hydrogens is 262 g/mol. The van der Waals surface area contributed by atoms with Crippen molar-refractivity contribution in [2.24, 2.45) is 0 Å². The van der Waals surface area contributed by atoms with Gasteiger partial charge < -0.3 is 10.4 Å². The molecule has 2 nitrogen and oxygen atoms in total. The van der Waals surface area contributed by atoms with E-state index in [-0.39, 0.29) is 6.10 Å². The van der Waals surface area contributed by atoms with Crippen molar-refractivity contribution in [3.63, 3.8) is 0 Å². The molecule has 1 atom stereocenters. The van der Waals surface area contributed by atoms with E-state index in [1.54, 1.807) is 11.3 Å². The molecule has 80 valence electrons. The Bertz CT molecular complexity index is 262. The van der Waals surface area contributed by atoms with Crippen LogP contribution in [0.3, 0.4) is 0 Å². The second-order valence-electron chi connectivity index (χ2n) is 3.37. The molecule has 1 unspecified atom stereocenters. The molecule has 0 saturated carbocycles. The van der Waals surface area contributed by atoms with Crippen LogP contribution >= 0.6 is 27.3 Å². The molecule has 1 aromatic heterocycles. The largest absolute Gasteiger partial charge is 0.393 e. The molecule has 2 N–H and O–H groups in total. The van der Waals surface area contributed by atoms with Crippen molar-refractivity contribution in [3.05, 3.63) is 20.8 Å². The monoisotopic (exact) mass is 277 g/mol. The van der Waals surface area contributed by atoms with Crippen LogP contribution in [0.25, 0.3) is 0 Å². The minimum Gasteiger partial charge on any atom is -0.393 e. The lowest BCUT2D eigenvalue weighted by Crippen LogP contribution is -2.15. The molecule has 0 radical (unpaired) electrons. The van der Waals surface area contributed by atoms with Gasteiger partial charge in [-0.15, -0.1) is 11.3 Å². The van der Waals surface area contributed by atoms with Crippen LogP contribution in [0.5, 0.6) is 0 Å². The second-order valence-corrected chi connectivity index (χ2v) is 5.92. The van der Waals surface area contributed by atoms with Crippen LogP contribution in [0.4, 0.5) is 0 Å². The van der Waals surface area contributed by atoms with Gasteiger partial charge in [0.25, 0.3) is 0 Å². The molecule has 0 fully saturated rings. The van der Waals surface area contributed by atoms with E-state index < -0.39 is 0 Å². The quantitative estimate of drug-likeness (QED) is 0.784. The summed E-state index contributed by atoms with van der Waals surface area (Å²) in [6.45, 7) is 3.73. The first kappa shape index (κ1) is 12.2. The predicted molar refractivity (Wildman–Crippen MR) is 64.6 cm³/mol. The molecule has 0 spiro atoms. The fourth-order valence-electron chi connectivity index (χ4n) is 1.18. The Morgan fingerprint density at radius 3 is 2.93 bits per heavy atom. The Morgan fingerprint density at radius 2 is 2.36 bits per heavy atom. The smallest absolute Gasteiger partial charge is 0.0701 e. The average molecular weight is 278 g/mol. The van der Waals surface area contributed by atoms with E-state index in [1.165, 1.54) is 8.66 Å². The molecule has 0 aliphatic heterocycles. The Morgan fingerprint density at radius 1 is 1.57 bits per heavy atom. The van der Waals surface area contributed by atoms with Crippen LogP contribution in [0.2, 0.25) is 0 Å². The zero-order chi connectivity index (χ0) is 10.4. The van der Waals surface area contributed by atoms with Crippen molar-refractivity contribution in [2.75, 3.05) is 6.54 Å². The van der Waals surface area contributed by atoms with Crippen LogP contribution in [0.15, 0.2) is 15.9 Å². The summed E-state index contributed by atoms with van der Waals surface area (Å²) in [6.07, 6.45) is 1.73. The van der Waals surface area contributed by atoms with Crippen molar-refractivity contribution < 1.29 is 5.11 Å². The maximum atomic E-state index is 9.04. The highest BCUT2D eigenvalue weighted by Gasteiger charge is 1.98. The van der Waals surface area contributed by atoms with Gasteiger partial charge in [0, 0.05) is 11.4 Å². The summed E-state index contributed by atoms with van der Waals surface area (Å²) in [5.74, 6) is 0. The highest BCUT2D eigenvalue weighted by Crippen LogP contribution is 2.21. The fraction of sp³-hybridized carbons (Fsp3) is 0.600. The average Bonchev–Trinajstić information content (AvgIpc) is 2.50. The Labute approximate surface area is 97.5 Å². The molecule has 0 aromatic carbocycles. The van der Waals surface area contributed by atoms with Crippen LogP contribution in [-0.2, 0) is 6.54 Å². The minimum absolute atomic E-state index is 0.173. The van der Waals surface area contributed by atoms with Gasteiger partial charge in [-0.25, -0.2) is 0 Å². The lowest BCUT2D eigenvalue weighted by atomic mass is 10.2. The molecule has 4 heteroatoms. The first-order valence-electron chi connectivity index (χ1n) is 4.81. The Kier molecular flexibility index (Phi) is 5.70. The molecule has 1 aromatic rings. The third-order valence-corrected chi connectivity index (χ3v) is 3.53. The van der Waals surface area contributed by atoms with Gasteiger partial charge in [-0.3, -0.25) is 0 Å². The van der Waals surface area contributed by atoms with E-state index in [1.807, 2.05) is 6.92 Å². The number of halogens is 1. The minimum atomic E-state index is -0.173. The van der Waals surface area contributed by atoms with E-state index in [0.29, 0.717) is 0 Å². The van der Waals surface area contributed by atoms with Crippen molar-refractivity contribution in [3.8, 4) is 0 Å². The highest BCUT2D eigenvalue weighted by molar-refractivity contribution is 9.11. The molecule has 0 aliphatic carbocycles. The van der Waals surface area contributed by atoms with Crippen molar-refractivity contribution in [2.45, 2.75) is 32.4 Å². The summed E-state index contributed by atoms with van der Waals surface area (Å²) in [5, 5.41) is 12.4. The van der Waals surface area contributed by atoms with Crippen molar-refractivity contribution >= 4 is 27.3 Å². The van der Waals surface area contributed by atoms with Crippen molar-refractivity contribution in [1.29, 1.82) is 0 Å². The van der Waals surface area contributed by atoms with Gasteiger partial charge in [0.2, 0.25) is 0 Å². The number of thiophene rings is 1. The Balaban J connectivity index is 2.04. The summed E-state index contributed by atoms with van der Waals surface area (Å²) in [5.41, 5.74) is 0. The number of hydrogen-bond donors (Lipinski definition) is 2. The number of aliphatic hydroxyl groups excluding tert-OH is 1. The fourth-order valence-corrected chi connectivity index (χ4v) is 2.63. The van der Waals surface area contributed by atoms with E-state index in [9.17, 15) is 0 Å². The standard InChI is InChI=1S/C10H16BrNOS/c1-8(13)3-2-6-12-7-9-4-5-10(11)14-9/h4-5,8,12-13H,2-3,6-7H2,1H3. The van der Waals surface area contributed by atoms with Gasteiger partial charge in [0.05, 0.1) is 9.89 Å². The van der Waals surface area contributed by atoms with E-state index in [0.717, 1.165) is 25.9 Å². The number of aliphatic hydroxyl groups is 1. The molecule has 0 bridgehead atoms. The zero-order valence-corrected chi connectivity index (χ0v) is 10.7. The molecule has 14 heavy (non-hydrogen) atoms. The predicted octanol–water partition coefficient (Wildman–Crippen LogP) is 2.76. The van der Waals surface area contributed by atoms with Gasteiger partial charge in [-0.2, -0.15) is 0 Å². The molecule has 0 saturated heterocycles. The van der Waals surface area contributed by atoms with Gasteiger partial charge in [-0.1, -0.05) is 0 Å². The van der Waals surface area contributed by atoms with E-state index in [4.69, 9.17) is 5.11 Å². The molecule has 1 rings (SSSR count).